The van der Waals surface area contributed by atoms with E-state index in [4.69, 9.17) is 34.8 Å². The van der Waals surface area contributed by atoms with Gasteiger partial charge in [0.25, 0.3) is 0 Å². The lowest BCUT2D eigenvalue weighted by atomic mass is 10.2. The zero-order valence-electron chi connectivity index (χ0n) is 7.08. The molecular weight excluding hydrogens is 245 g/mol. The average molecular weight is 252 g/mol. The van der Waals surface area contributed by atoms with E-state index >= 15 is 0 Å². The van der Waals surface area contributed by atoms with Gasteiger partial charge < -0.3 is 0 Å². The fraction of sp³-hybridized carbons (Fsp3) is 0.200. The van der Waals surface area contributed by atoms with Gasteiger partial charge in [-0.15, -0.1) is 11.6 Å². The molecule has 0 amide bonds. The molecule has 0 radical (unpaired) electrons. The number of hydrogen-bond donors (Lipinski definition) is 0. The maximum atomic E-state index is 12.8. The molecular formula is C10H6Cl3F. The van der Waals surface area contributed by atoms with Gasteiger partial charge in [0.15, 0.2) is 0 Å². The summed E-state index contributed by atoms with van der Waals surface area (Å²) in [6.45, 7) is 0. The molecule has 0 fully saturated rings. The van der Waals surface area contributed by atoms with Crippen LogP contribution in [0, 0.1) is 17.7 Å². The van der Waals surface area contributed by atoms with Crippen molar-refractivity contribution in [2.24, 2.45) is 0 Å². The van der Waals surface area contributed by atoms with Crippen LogP contribution in [0.25, 0.3) is 0 Å². The van der Waals surface area contributed by atoms with E-state index in [-0.39, 0.29) is 10.0 Å². The highest BCUT2D eigenvalue weighted by atomic mass is 35.5. The molecule has 0 spiro atoms. The van der Waals surface area contributed by atoms with Crippen LogP contribution in [0.2, 0.25) is 10.0 Å². The molecule has 0 saturated carbocycles. The van der Waals surface area contributed by atoms with Gasteiger partial charge in [-0.1, -0.05) is 35.0 Å². The maximum Gasteiger partial charge on any atom is 0.126 e. The minimum Gasteiger partial charge on any atom is -0.207 e. The molecule has 0 aliphatic carbocycles. The highest BCUT2D eigenvalue weighted by Gasteiger charge is 2.05. The van der Waals surface area contributed by atoms with E-state index in [1.54, 1.807) is 0 Å². The topological polar surface area (TPSA) is 0 Å². The van der Waals surface area contributed by atoms with Gasteiger partial charge in [0.2, 0.25) is 0 Å². The van der Waals surface area contributed by atoms with Crippen LogP contribution >= 0.6 is 34.8 Å². The molecule has 0 aromatic heterocycles. The first-order chi connectivity index (χ1) is 6.65. The van der Waals surface area contributed by atoms with E-state index in [0.717, 1.165) is 0 Å². The summed E-state index contributed by atoms with van der Waals surface area (Å²) in [6, 6.07) is 2.36. The lowest BCUT2D eigenvalue weighted by Crippen LogP contribution is -1.83. The Morgan fingerprint density at radius 1 is 1.21 bits per heavy atom. The van der Waals surface area contributed by atoms with E-state index in [1.807, 2.05) is 0 Å². The van der Waals surface area contributed by atoms with Gasteiger partial charge in [0, 0.05) is 12.3 Å². The van der Waals surface area contributed by atoms with Crippen molar-refractivity contribution in [2.45, 2.75) is 6.42 Å². The van der Waals surface area contributed by atoms with Gasteiger partial charge in [-0.05, 0) is 12.1 Å². The molecule has 0 bridgehead atoms. The van der Waals surface area contributed by atoms with Gasteiger partial charge in [-0.3, -0.25) is 0 Å². The molecule has 74 valence electrons. The predicted molar refractivity (Wildman–Crippen MR) is 58.6 cm³/mol. The Labute approximate surface area is 97.0 Å². The molecule has 1 aromatic carbocycles. The first-order valence-corrected chi connectivity index (χ1v) is 5.13. The zero-order chi connectivity index (χ0) is 10.6. The quantitative estimate of drug-likeness (QED) is 0.520. The van der Waals surface area contributed by atoms with Gasteiger partial charge in [0.1, 0.15) is 5.82 Å². The third kappa shape index (κ3) is 3.06. The summed E-state index contributed by atoms with van der Waals surface area (Å²) in [5.74, 6) is 5.50. The molecule has 0 unspecified atom stereocenters. The number of benzene rings is 1. The van der Waals surface area contributed by atoms with Crippen molar-refractivity contribution in [3.63, 3.8) is 0 Å². The Bertz CT molecular complexity index is 367. The van der Waals surface area contributed by atoms with Crippen molar-refractivity contribution in [2.75, 3.05) is 5.88 Å². The highest BCUT2D eigenvalue weighted by molar-refractivity contribution is 6.36. The van der Waals surface area contributed by atoms with E-state index in [9.17, 15) is 4.39 Å². The first-order valence-electron chi connectivity index (χ1n) is 3.84. The van der Waals surface area contributed by atoms with E-state index in [0.29, 0.717) is 17.9 Å². The zero-order valence-corrected chi connectivity index (χ0v) is 9.35. The summed E-state index contributed by atoms with van der Waals surface area (Å²) in [4.78, 5) is 0. The lowest BCUT2D eigenvalue weighted by molar-refractivity contribution is 0.628. The standard InChI is InChI=1S/C10H6Cl3F/c11-4-2-1-3-8-9(12)5-7(14)6-10(8)13/h5-6H,2,4H2. The molecule has 14 heavy (non-hydrogen) atoms. The Kier molecular flexibility index (Phi) is 4.54. The van der Waals surface area contributed by atoms with Crippen molar-refractivity contribution >= 4 is 34.8 Å². The summed E-state index contributed by atoms with van der Waals surface area (Å²) >= 11 is 17.0. The summed E-state index contributed by atoms with van der Waals surface area (Å²) in [6.07, 6.45) is 0.547. The lowest BCUT2D eigenvalue weighted by Gasteiger charge is -1.99. The van der Waals surface area contributed by atoms with Crippen molar-refractivity contribution < 1.29 is 4.39 Å². The Hall–Kier alpha value is -0.420. The van der Waals surface area contributed by atoms with Crippen LogP contribution in [0.5, 0.6) is 0 Å². The third-order valence-corrected chi connectivity index (χ3v) is 2.22. The second kappa shape index (κ2) is 5.46. The molecule has 1 aromatic rings. The van der Waals surface area contributed by atoms with Crippen LogP contribution in [0.4, 0.5) is 4.39 Å². The van der Waals surface area contributed by atoms with E-state index in [2.05, 4.69) is 11.8 Å². The van der Waals surface area contributed by atoms with Crippen LogP contribution in [0.15, 0.2) is 12.1 Å². The molecule has 1 rings (SSSR count). The van der Waals surface area contributed by atoms with Crippen molar-refractivity contribution in [1.29, 1.82) is 0 Å². The summed E-state index contributed by atoms with van der Waals surface area (Å²) < 4.78 is 12.8. The predicted octanol–water partition coefficient (Wildman–Crippen LogP) is 4.11. The largest absolute Gasteiger partial charge is 0.207 e. The SMILES string of the molecule is Fc1cc(Cl)c(C#CCCCl)c(Cl)c1. The van der Waals surface area contributed by atoms with E-state index in [1.165, 1.54) is 12.1 Å². The Morgan fingerprint density at radius 3 is 2.29 bits per heavy atom. The van der Waals surface area contributed by atoms with Crippen molar-refractivity contribution in [3.8, 4) is 11.8 Å². The average Bonchev–Trinajstić information content (AvgIpc) is 2.09. The second-order valence-corrected chi connectivity index (χ2v) is 3.68. The second-order valence-electron chi connectivity index (χ2n) is 2.49. The number of hydrogen-bond acceptors (Lipinski definition) is 0. The summed E-state index contributed by atoms with van der Waals surface area (Å²) in [5.41, 5.74) is 0.444. The maximum absolute atomic E-state index is 12.8. The molecule has 4 heteroatoms. The molecule has 0 saturated heterocycles. The Morgan fingerprint density at radius 2 is 1.79 bits per heavy atom. The first kappa shape index (κ1) is 11.7. The summed E-state index contributed by atoms with van der Waals surface area (Å²) in [7, 11) is 0. The van der Waals surface area contributed by atoms with Gasteiger partial charge in [-0.2, -0.15) is 0 Å². The molecule has 0 atom stereocenters. The van der Waals surface area contributed by atoms with Crippen molar-refractivity contribution in [1.82, 2.24) is 0 Å². The van der Waals surface area contributed by atoms with Crippen LogP contribution < -0.4 is 0 Å². The van der Waals surface area contributed by atoms with Crippen molar-refractivity contribution in [3.05, 3.63) is 33.6 Å². The summed E-state index contributed by atoms with van der Waals surface area (Å²) in [5, 5.41) is 0.439. The number of halogens is 4. The van der Waals surface area contributed by atoms with Gasteiger partial charge in [0.05, 0.1) is 15.6 Å². The molecule has 0 nitrogen and oxygen atoms in total. The van der Waals surface area contributed by atoms with Crippen LogP contribution in [0.3, 0.4) is 0 Å². The van der Waals surface area contributed by atoms with Crippen LogP contribution in [0.1, 0.15) is 12.0 Å². The number of alkyl halides is 1. The minimum atomic E-state index is -0.470. The number of rotatable bonds is 1. The van der Waals surface area contributed by atoms with Crippen LogP contribution in [-0.4, -0.2) is 5.88 Å². The van der Waals surface area contributed by atoms with Gasteiger partial charge >= 0.3 is 0 Å². The minimum absolute atomic E-state index is 0.220. The molecule has 0 aliphatic rings. The monoisotopic (exact) mass is 250 g/mol. The molecule has 0 aliphatic heterocycles. The van der Waals surface area contributed by atoms with Crippen LogP contribution in [-0.2, 0) is 0 Å². The van der Waals surface area contributed by atoms with E-state index < -0.39 is 5.82 Å². The van der Waals surface area contributed by atoms with Gasteiger partial charge in [-0.25, -0.2) is 4.39 Å². The normalized spacial score (nSPS) is 9.43. The fourth-order valence-corrected chi connectivity index (χ4v) is 1.51. The smallest absolute Gasteiger partial charge is 0.126 e. The Balaban J connectivity index is 3.04. The highest BCUT2D eigenvalue weighted by Crippen LogP contribution is 2.24. The fourth-order valence-electron chi connectivity index (χ4n) is 0.860. The third-order valence-electron chi connectivity index (χ3n) is 1.44. The molecule has 0 N–H and O–H groups in total. The molecule has 0 heterocycles.